The van der Waals surface area contributed by atoms with Gasteiger partial charge in [0, 0.05) is 0 Å². The zero-order chi connectivity index (χ0) is 22.4. The van der Waals surface area contributed by atoms with Crippen LogP contribution in [-0.2, 0) is 16.1 Å². The van der Waals surface area contributed by atoms with Crippen molar-refractivity contribution in [2.45, 2.75) is 25.9 Å². The summed E-state index contributed by atoms with van der Waals surface area (Å²) >= 11 is 0. The van der Waals surface area contributed by atoms with Gasteiger partial charge in [-0.2, -0.15) is 0 Å². The highest BCUT2D eigenvalue weighted by Gasteiger charge is 2.49. The van der Waals surface area contributed by atoms with Gasteiger partial charge in [0.05, 0.1) is 30.1 Å². The van der Waals surface area contributed by atoms with E-state index in [2.05, 4.69) is 5.10 Å². The van der Waals surface area contributed by atoms with Crippen molar-refractivity contribution in [3.8, 4) is 0 Å². The van der Waals surface area contributed by atoms with Gasteiger partial charge in [-0.3, -0.25) is 9.59 Å². The predicted octanol–water partition coefficient (Wildman–Crippen LogP) is 2.00. The molecule has 1 N–H and O–H groups in total. The second-order valence-electron chi connectivity index (χ2n) is 8.31. The normalized spacial score (nSPS) is 22.4. The lowest BCUT2D eigenvalue weighted by Crippen LogP contribution is -2.33. The van der Waals surface area contributed by atoms with Gasteiger partial charge in [0.25, 0.3) is 0 Å². The van der Waals surface area contributed by atoms with Gasteiger partial charge in [0.2, 0.25) is 11.8 Å². The topological polar surface area (TPSA) is 97.2 Å². The number of nitrogens with zero attached hydrogens (tertiary/aromatic N) is 3. The summed E-state index contributed by atoms with van der Waals surface area (Å²) in [5.41, 5.74) is 1.36. The summed E-state index contributed by atoms with van der Waals surface area (Å²) in [5.74, 6) is -1.68. The highest BCUT2D eigenvalue weighted by atomic mass is 16.2. The summed E-state index contributed by atoms with van der Waals surface area (Å²) in [5, 5.41) is 2.61. The lowest BCUT2D eigenvalue weighted by atomic mass is 9.84. The number of H-pyrrole nitrogens is 1. The van der Waals surface area contributed by atoms with Crippen LogP contribution in [0.1, 0.15) is 23.6 Å². The number of rotatable bonds is 4. The quantitative estimate of drug-likeness (QED) is 0.506. The first-order valence-electron chi connectivity index (χ1n) is 10.5. The van der Waals surface area contributed by atoms with Crippen LogP contribution in [0.15, 0.2) is 76.3 Å². The van der Waals surface area contributed by atoms with Crippen molar-refractivity contribution in [1.29, 1.82) is 0 Å². The average molecular weight is 430 g/mol. The van der Waals surface area contributed by atoms with E-state index in [1.807, 2.05) is 49.4 Å². The van der Waals surface area contributed by atoms with E-state index in [0.717, 1.165) is 15.7 Å². The van der Waals surface area contributed by atoms with E-state index in [-0.39, 0.29) is 24.8 Å². The fraction of sp³-hybridized carbons (Fsp3) is 0.250. The fourth-order valence-electron chi connectivity index (χ4n) is 4.57. The summed E-state index contributed by atoms with van der Waals surface area (Å²) in [7, 11) is 0. The molecule has 2 amide bonds. The van der Waals surface area contributed by atoms with Crippen molar-refractivity contribution < 1.29 is 9.59 Å². The van der Waals surface area contributed by atoms with Gasteiger partial charge in [-0.25, -0.2) is 28.8 Å². The summed E-state index contributed by atoms with van der Waals surface area (Å²) in [6.07, 6.45) is 3.68. The van der Waals surface area contributed by atoms with Crippen molar-refractivity contribution >= 4 is 17.5 Å². The van der Waals surface area contributed by atoms with Crippen LogP contribution in [0.5, 0.6) is 0 Å². The molecule has 0 radical (unpaired) electrons. The van der Waals surface area contributed by atoms with Gasteiger partial charge in [-0.05, 0) is 36.6 Å². The van der Waals surface area contributed by atoms with Gasteiger partial charge in [0.15, 0.2) is 0 Å². The van der Waals surface area contributed by atoms with E-state index < -0.39 is 29.3 Å². The van der Waals surface area contributed by atoms with Crippen molar-refractivity contribution in [2.24, 2.45) is 11.8 Å². The number of imide groups is 1. The van der Waals surface area contributed by atoms with Crippen molar-refractivity contribution in [3.63, 3.8) is 0 Å². The SMILES string of the molecule is Cc1cccc(N2C(=O)[C@H]3C[C@@H](n4[nH]c(=O)n(Cc5ccccc5)c4=O)C=C[C@H]3C2=O)c1. The largest absolute Gasteiger partial charge is 0.347 e. The third-order valence-corrected chi connectivity index (χ3v) is 6.19. The highest BCUT2D eigenvalue weighted by Crippen LogP contribution is 2.39. The molecule has 1 aliphatic carbocycles. The number of hydrogen-bond acceptors (Lipinski definition) is 4. The summed E-state index contributed by atoms with van der Waals surface area (Å²) in [6.45, 7) is 2.06. The molecular weight excluding hydrogens is 408 g/mol. The fourth-order valence-corrected chi connectivity index (χ4v) is 4.57. The number of carbonyl (C=O) groups is 2. The Balaban J connectivity index is 1.43. The van der Waals surface area contributed by atoms with Crippen molar-refractivity contribution in [2.75, 3.05) is 4.90 Å². The first-order valence-corrected chi connectivity index (χ1v) is 10.5. The Morgan fingerprint density at radius 2 is 1.72 bits per heavy atom. The zero-order valence-corrected chi connectivity index (χ0v) is 17.5. The Hall–Kier alpha value is -3.94. The molecule has 1 saturated heterocycles. The molecule has 0 bridgehead atoms. The van der Waals surface area contributed by atoms with Crippen molar-refractivity contribution in [3.05, 3.63) is 98.8 Å². The molecule has 0 unspecified atom stereocenters. The number of hydrogen-bond donors (Lipinski definition) is 1. The standard InChI is InChI=1S/C24H22N4O4/c1-15-6-5-9-17(12-15)27-21(29)19-11-10-18(13-20(19)22(27)30)28-24(32)26(23(31)25-28)14-16-7-3-2-4-8-16/h2-12,18-20H,13-14H2,1H3,(H,25,31)/t18-,19+,20-/m0/s1. The number of amides is 2. The first kappa shape index (κ1) is 20.0. The molecule has 3 atom stereocenters. The van der Waals surface area contributed by atoms with E-state index in [4.69, 9.17) is 0 Å². The maximum absolute atomic E-state index is 13.1. The number of aromatic amines is 1. The average Bonchev–Trinajstić information content (AvgIpc) is 3.21. The molecule has 32 heavy (non-hydrogen) atoms. The van der Waals surface area contributed by atoms with Crippen LogP contribution in [0.2, 0.25) is 0 Å². The molecule has 1 aliphatic heterocycles. The lowest BCUT2D eigenvalue weighted by Gasteiger charge is -2.23. The van der Waals surface area contributed by atoms with Crippen LogP contribution in [0.4, 0.5) is 5.69 Å². The molecule has 1 aromatic heterocycles. The van der Waals surface area contributed by atoms with Crippen LogP contribution in [0.25, 0.3) is 0 Å². The summed E-state index contributed by atoms with van der Waals surface area (Å²) in [4.78, 5) is 52.7. The van der Waals surface area contributed by atoms with Crippen LogP contribution in [-0.4, -0.2) is 26.2 Å². The summed E-state index contributed by atoms with van der Waals surface area (Å²) < 4.78 is 2.39. The Morgan fingerprint density at radius 3 is 2.47 bits per heavy atom. The third kappa shape index (κ3) is 3.24. The molecule has 0 spiro atoms. The zero-order valence-electron chi connectivity index (χ0n) is 17.5. The second-order valence-corrected chi connectivity index (χ2v) is 8.31. The summed E-state index contributed by atoms with van der Waals surface area (Å²) in [6, 6.07) is 16.0. The Kier molecular flexibility index (Phi) is 4.77. The molecule has 2 aliphatic rings. The van der Waals surface area contributed by atoms with Gasteiger partial charge >= 0.3 is 11.4 Å². The number of allylic oxidation sites excluding steroid dienone is 1. The maximum atomic E-state index is 13.1. The highest BCUT2D eigenvalue weighted by molar-refractivity contribution is 6.22. The van der Waals surface area contributed by atoms with Gasteiger partial charge in [0.1, 0.15) is 0 Å². The van der Waals surface area contributed by atoms with E-state index >= 15 is 0 Å². The Labute approximate surface area is 183 Å². The number of anilines is 1. The minimum Gasteiger partial charge on any atom is -0.274 e. The van der Waals surface area contributed by atoms with E-state index in [0.29, 0.717) is 5.69 Å². The smallest absolute Gasteiger partial charge is 0.274 e. The monoisotopic (exact) mass is 430 g/mol. The van der Waals surface area contributed by atoms with E-state index in [1.54, 1.807) is 24.3 Å². The number of benzene rings is 2. The molecule has 2 aromatic carbocycles. The molecule has 0 saturated carbocycles. The van der Waals surface area contributed by atoms with E-state index in [9.17, 15) is 19.2 Å². The number of nitrogens with one attached hydrogen (secondary N) is 1. The minimum atomic E-state index is -0.578. The van der Waals surface area contributed by atoms with Crippen LogP contribution < -0.4 is 16.3 Å². The molecule has 162 valence electrons. The number of aryl methyl sites for hydroxylation is 1. The van der Waals surface area contributed by atoms with Crippen LogP contribution >= 0.6 is 0 Å². The first-order chi connectivity index (χ1) is 15.4. The molecule has 5 rings (SSSR count). The molecule has 8 nitrogen and oxygen atoms in total. The van der Waals surface area contributed by atoms with Gasteiger partial charge in [-0.1, -0.05) is 54.6 Å². The van der Waals surface area contributed by atoms with Crippen LogP contribution in [0.3, 0.4) is 0 Å². The molecule has 8 heteroatoms. The maximum Gasteiger partial charge on any atom is 0.347 e. The lowest BCUT2D eigenvalue weighted by molar-refractivity contribution is -0.122. The third-order valence-electron chi connectivity index (χ3n) is 6.19. The number of fused-ring (bicyclic) bond motifs is 1. The molecule has 2 heterocycles. The molecule has 1 fully saturated rings. The Bertz CT molecular complexity index is 1350. The van der Waals surface area contributed by atoms with Gasteiger partial charge < -0.3 is 0 Å². The van der Waals surface area contributed by atoms with Gasteiger partial charge in [-0.15, -0.1) is 0 Å². The molecular formula is C24H22N4O4. The number of carbonyl (C=O) groups excluding carboxylic acids is 2. The van der Waals surface area contributed by atoms with Crippen LogP contribution in [0, 0.1) is 18.8 Å². The number of aromatic nitrogens is 3. The van der Waals surface area contributed by atoms with E-state index in [1.165, 1.54) is 9.58 Å². The second kappa shape index (κ2) is 7.64. The molecule has 3 aromatic rings. The van der Waals surface area contributed by atoms with Crippen molar-refractivity contribution in [1.82, 2.24) is 14.3 Å². The minimum absolute atomic E-state index is 0.156. The predicted molar refractivity (Wildman–Crippen MR) is 118 cm³/mol. The Morgan fingerprint density at radius 1 is 0.938 bits per heavy atom.